The van der Waals surface area contributed by atoms with E-state index >= 15 is 0 Å². The molecule has 1 aromatic rings. The fraction of sp³-hybridized carbons (Fsp3) is 0.600. The topological polar surface area (TPSA) is 50.3 Å². The van der Waals surface area contributed by atoms with E-state index in [1.165, 1.54) is 0 Å². The summed E-state index contributed by atoms with van der Waals surface area (Å²) < 4.78 is 5.09. The molecule has 5 nitrogen and oxygen atoms in total. The first-order valence-corrected chi connectivity index (χ1v) is 5.19. The number of methoxy groups -OCH3 is 1. The number of nitrogens with zero attached hydrogens (tertiary/aromatic N) is 3. The van der Waals surface area contributed by atoms with E-state index in [2.05, 4.69) is 27.1 Å². The smallest absolute Gasteiger partial charge is 0.228 e. The van der Waals surface area contributed by atoms with Crippen molar-refractivity contribution < 1.29 is 4.74 Å². The van der Waals surface area contributed by atoms with Crippen molar-refractivity contribution in [2.24, 2.45) is 0 Å². The minimum absolute atomic E-state index is 0.516. The summed E-state index contributed by atoms with van der Waals surface area (Å²) in [4.78, 5) is 10.8. The highest BCUT2D eigenvalue weighted by Crippen LogP contribution is 2.16. The predicted molar refractivity (Wildman–Crippen MR) is 58.3 cm³/mol. The van der Waals surface area contributed by atoms with Gasteiger partial charge in [-0.3, -0.25) is 0 Å². The summed E-state index contributed by atoms with van der Waals surface area (Å²) in [6.07, 6.45) is 1.73. The monoisotopic (exact) mass is 208 g/mol. The van der Waals surface area contributed by atoms with E-state index in [0.29, 0.717) is 11.9 Å². The molecule has 5 heteroatoms. The molecule has 0 unspecified atom stereocenters. The van der Waals surface area contributed by atoms with Crippen LogP contribution in [0.15, 0.2) is 12.3 Å². The van der Waals surface area contributed by atoms with Crippen LogP contribution in [0.5, 0.6) is 5.88 Å². The maximum atomic E-state index is 5.09. The van der Waals surface area contributed by atoms with E-state index in [-0.39, 0.29) is 0 Å². The van der Waals surface area contributed by atoms with Crippen molar-refractivity contribution in [1.82, 2.24) is 15.3 Å². The molecule has 2 heterocycles. The van der Waals surface area contributed by atoms with Crippen LogP contribution in [-0.4, -0.2) is 42.8 Å². The maximum Gasteiger partial charge on any atom is 0.228 e. The Kier molecular flexibility index (Phi) is 3.01. The molecule has 15 heavy (non-hydrogen) atoms. The Balaban J connectivity index is 2.17. The van der Waals surface area contributed by atoms with E-state index in [1.54, 1.807) is 19.4 Å². The normalized spacial score (nSPS) is 15.9. The summed E-state index contributed by atoms with van der Waals surface area (Å²) in [6.45, 7) is 5.05. The number of hydrogen-bond donors (Lipinski definition) is 1. The van der Waals surface area contributed by atoms with Crippen molar-refractivity contribution in [2.45, 2.75) is 13.0 Å². The average Bonchev–Trinajstić information content (AvgIpc) is 2.23. The molecular weight excluding hydrogens is 192 g/mol. The first-order valence-electron chi connectivity index (χ1n) is 5.19. The highest BCUT2D eigenvalue weighted by atomic mass is 16.5. The van der Waals surface area contributed by atoms with Crippen LogP contribution in [0.4, 0.5) is 5.95 Å². The molecule has 0 saturated carbocycles. The van der Waals surface area contributed by atoms with Crippen molar-refractivity contribution in [2.75, 3.05) is 31.6 Å². The zero-order chi connectivity index (χ0) is 10.7. The number of hydrogen-bond acceptors (Lipinski definition) is 5. The fourth-order valence-corrected chi connectivity index (χ4v) is 1.64. The second-order valence-corrected chi connectivity index (χ2v) is 3.50. The van der Waals surface area contributed by atoms with Crippen LogP contribution < -0.4 is 15.0 Å². The van der Waals surface area contributed by atoms with Gasteiger partial charge >= 0.3 is 0 Å². The lowest BCUT2D eigenvalue weighted by Gasteiger charge is -2.37. The van der Waals surface area contributed by atoms with Gasteiger partial charge in [0.2, 0.25) is 11.8 Å². The second-order valence-electron chi connectivity index (χ2n) is 3.50. The molecule has 0 aliphatic carbocycles. The number of rotatable bonds is 4. The highest BCUT2D eigenvalue weighted by molar-refractivity contribution is 5.34. The number of anilines is 1. The van der Waals surface area contributed by atoms with Gasteiger partial charge in [0.25, 0.3) is 0 Å². The lowest BCUT2D eigenvalue weighted by atomic mass is 10.1. The Bertz CT molecular complexity index is 327. The Morgan fingerprint density at radius 1 is 1.60 bits per heavy atom. The van der Waals surface area contributed by atoms with Gasteiger partial charge in [0.05, 0.1) is 13.2 Å². The molecule has 1 saturated heterocycles. The fourth-order valence-electron chi connectivity index (χ4n) is 1.64. The molecule has 1 aliphatic heterocycles. The summed E-state index contributed by atoms with van der Waals surface area (Å²) >= 11 is 0. The van der Waals surface area contributed by atoms with E-state index in [0.717, 1.165) is 25.6 Å². The molecule has 1 aliphatic rings. The molecule has 2 rings (SSSR count). The van der Waals surface area contributed by atoms with Crippen LogP contribution in [0.2, 0.25) is 0 Å². The van der Waals surface area contributed by atoms with Gasteiger partial charge in [-0.25, -0.2) is 4.98 Å². The van der Waals surface area contributed by atoms with Crippen LogP contribution in [-0.2, 0) is 0 Å². The molecular formula is C10H16N4O. The molecule has 0 radical (unpaired) electrons. The van der Waals surface area contributed by atoms with Crippen molar-refractivity contribution >= 4 is 5.95 Å². The third-order valence-corrected chi connectivity index (χ3v) is 2.62. The van der Waals surface area contributed by atoms with Crippen molar-refractivity contribution in [3.63, 3.8) is 0 Å². The maximum absolute atomic E-state index is 5.09. The first kappa shape index (κ1) is 10.2. The van der Waals surface area contributed by atoms with Crippen molar-refractivity contribution in [3.8, 4) is 5.88 Å². The van der Waals surface area contributed by atoms with Gasteiger partial charge in [0.1, 0.15) is 0 Å². The Morgan fingerprint density at radius 3 is 2.93 bits per heavy atom. The molecule has 0 atom stereocenters. The SMILES string of the molecule is CCN(c1nccc(OC)n1)C1CNC1. The summed E-state index contributed by atoms with van der Waals surface area (Å²) in [5, 5.41) is 3.25. The molecule has 1 aromatic heterocycles. The van der Waals surface area contributed by atoms with E-state index in [9.17, 15) is 0 Å². The van der Waals surface area contributed by atoms with Crippen molar-refractivity contribution in [3.05, 3.63) is 12.3 Å². The molecule has 0 aromatic carbocycles. The predicted octanol–water partition coefficient (Wildman–Crippen LogP) is 0.283. The molecule has 0 amide bonds. The first-order chi connectivity index (χ1) is 7.35. The lowest BCUT2D eigenvalue weighted by molar-refractivity contribution is 0.389. The quantitative estimate of drug-likeness (QED) is 0.770. The van der Waals surface area contributed by atoms with Crippen LogP contribution in [0, 0.1) is 0 Å². The van der Waals surface area contributed by atoms with Crippen LogP contribution in [0.3, 0.4) is 0 Å². The number of ether oxygens (including phenoxy) is 1. The number of aromatic nitrogens is 2. The molecule has 1 N–H and O–H groups in total. The van der Waals surface area contributed by atoms with Gasteiger partial charge in [-0.2, -0.15) is 4.98 Å². The van der Waals surface area contributed by atoms with Gasteiger partial charge in [-0.05, 0) is 6.92 Å². The van der Waals surface area contributed by atoms with Gasteiger partial charge < -0.3 is 15.0 Å². The molecule has 82 valence electrons. The molecule has 1 fully saturated rings. The van der Waals surface area contributed by atoms with E-state index in [1.807, 2.05) is 0 Å². The highest BCUT2D eigenvalue weighted by Gasteiger charge is 2.25. The number of likely N-dealkylation sites (N-methyl/N-ethyl adjacent to an activating group) is 1. The lowest BCUT2D eigenvalue weighted by Crippen LogP contribution is -2.57. The van der Waals surface area contributed by atoms with Gasteiger partial charge in [-0.15, -0.1) is 0 Å². The summed E-state index contributed by atoms with van der Waals surface area (Å²) in [5.74, 6) is 1.37. The minimum atomic E-state index is 0.516. The summed E-state index contributed by atoms with van der Waals surface area (Å²) in [6, 6.07) is 2.28. The largest absolute Gasteiger partial charge is 0.481 e. The number of nitrogens with one attached hydrogen (secondary N) is 1. The average molecular weight is 208 g/mol. The van der Waals surface area contributed by atoms with Gasteiger partial charge in [-0.1, -0.05) is 0 Å². The van der Waals surface area contributed by atoms with Crippen molar-refractivity contribution in [1.29, 1.82) is 0 Å². The van der Waals surface area contributed by atoms with Crippen LogP contribution >= 0.6 is 0 Å². The van der Waals surface area contributed by atoms with E-state index < -0.39 is 0 Å². The van der Waals surface area contributed by atoms with Crippen LogP contribution in [0.25, 0.3) is 0 Å². The standard InChI is InChI=1S/C10H16N4O/c1-3-14(8-6-11-7-8)10-12-5-4-9(13-10)15-2/h4-5,8,11H,3,6-7H2,1-2H3. The third-order valence-electron chi connectivity index (χ3n) is 2.62. The minimum Gasteiger partial charge on any atom is -0.481 e. The Hall–Kier alpha value is -1.36. The Labute approximate surface area is 89.5 Å². The van der Waals surface area contributed by atoms with Crippen LogP contribution in [0.1, 0.15) is 6.92 Å². The summed E-state index contributed by atoms with van der Waals surface area (Å²) in [7, 11) is 1.62. The molecule has 0 bridgehead atoms. The Morgan fingerprint density at radius 2 is 2.40 bits per heavy atom. The van der Waals surface area contributed by atoms with Gasteiger partial charge in [0, 0.05) is 31.9 Å². The van der Waals surface area contributed by atoms with Gasteiger partial charge in [0.15, 0.2) is 0 Å². The second kappa shape index (κ2) is 4.44. The third kappa shape index (κ3) is 2.02. The zero-order valence-corrected chi connectivity index (χ0v) is 9.10. The van der Waals surface area contributed by atoms with E-state index in [4.69, 9.17) is 4.74 Å². The summed E-state index contributed by atoms with van der Waals surface area (Å²) in [5.41, 5.74) is 0. The zero-order valence-electron chi connectivity index (χ0n) is 9.10. The molecule has 0 spiro atoms.